The van der Waals surface area contributed by atoms with Gasteiger partial charge in [-0.3, -0.25) is 0 Å². The third-order valence-electron chi connectivity index (χ3n) is 12.5. The maximum atomic E-state index is 6.40. The fraction of sp³-hybridized carbons (Fsp3) is 0. The number of hydrogen-bond acceptors (Lipinski definition) is 5. The Kier molecular flexibility index (Phi) is 8.36. The zero-order valence-electron chi connectivity index (χ0n) is 34.4. The summed E-state index contributed by atoms with van der Waals surface area (Å²) < 4.78 is 8.83. The molecule has 0 saturated carbocycles. The average molecular weight is 834 g/mol. The van der Waals surface area contributed by atoms with Crippen molar-refractivity contribution in [1.82, 2.24) is 15.0 Å². The maximum Gasteiger partial charge on any atom is 0.160 e. The van der Waals surface area contributed by atoms with Crippen molar-refractivity contribution in [2.24, 2.45) is 0 Å². The fourth-order valence-corrected chi connectivity index (χ4v) is 10.7. The number of fused-ring (bicyclic) bond motifs is 9. The summed E-state index contributed by atoms with van der Waals surface area (Å²) in [7, 11) is 0. The van der Waals surface area contributed by atoms with Crippen LogP contribution in [-0.2, 0) is 0 Å². The SMILES string of the molecule is c1ccc(-c2cc(-c3ccc(-c4cccc5c4oc4ccccc45)cc3)nc(-c3cccc(-c4cccc5nc(-c6cccc7ccccc67)c6sc7ccccc7c6c45)c3)n2)cc1. The van der Waals surface area contributed by atoms with Crippen LogP contribution in [0.2, 0.25) is 0 Å². The van der Waals surface area contributed by atoms with Gasteiger partial charge in [-0.2, -0.15) is 0 Å². The van der Waals surface area contributed by atoms with Gasteiger partial charge in [0.1, 0.15) is 11.2 Å². The normalized spacial score (nSPS) is 11.8. The van der Waals surface area contributed by atoms with E-state index in [1.165, 1.54) is 30.9 Å². The minimum atomic E-state index is 0.664. The Morgan fingerprint density at radius 3 is 1.86 bits per heavy atom. The van der Waals surface area contributed by atoms with Crippen molar-refractivity contribution in [3.8, 4) is 67.4 Å². The highest BCUT2D eigenvalue weighted by Gasteiger charge is 2.21. The molecule has 0 fully saturated rings. The lowest BCUT2D eigenvalue weighted by Gasteiger charge is -2.14. The lowest BCUT2D eigenvalue weighted by atomic mass is 9.94. The minimum absolute atomic E-state index is 0.664. The predicted octanol–water partition coefficient (Wildman–Crippen LogP) is 16.4. The Labute approximate surface area is 372 Å². The predicted molar refractivity (Wildman–Crippen MR) is 268 cm³/mol. The standard InChI is InChI=1S/C59H35N3OS/c1-2-15-38(16-3-1)50-35-51(39-32-30-37(31-33-39)44-24-12-26-47-45-21-6-8-28-52(45)63-57(44)47)62-59(61-50)41-19-10-18-40(34-41)43-23-13-27-49-54(43)55-48-22-7-9-29-53(48)64-58(55)56(60-49)46-25-11-17-36-14-4-5-20-42(36)46/h1-35H. The Bertz CT molecular complexity index is 3960. The van der Waals surface area contributed by atoms with Gasteiger partial charge in [-0.15, -0.1) is 11.3 Å². The first kappa shape index (κ1) is 36.4. The van der Waals surface area contributed by atoms with Crippen molar-refractivity contribution in [2.45, 2.75) is 0 Å². The number of para-hydroxylation sites is 2. The van der Waals surface area contributed by atoms with Crippen molar-refractivity contribution in [3.05, 3.63) is 212 Å². The summed E-state index contributed by atoms with van der Waals surface area (Å²) in [4.78, 5) is 16.0. The average Bonchev–Trinajstić information content (AvgIpc) is 3.95. The van der Waals surface area contributed by atoms with Crippen molar-refractivity contribution in [1.29, 1.82) is 0 Å². The van der Waals surface area contributed by atoms with Crippen LogP contribution in [0.4, 0.5) is 0 Å². The molecule has 13 aromatic rings. The van der Waals surface area contributed by atoms with E-state index in [9.17, 15) is 0 Å². The van der Waals surface area contributed by atoms with Gasteiger partial charge in [0.2, 0.25) is 0 Å². The second-order valence-corrected chi connectivity index (χ2v) is 17.3. The summed E-state index contributed by atoms with van der Waals surface area (Å²) in [6, 6.07) is 74.7. The van der Waals surface area contributed by atoms with Crippen LogP contribution in [0.15, 0.2) is 217 Å². The summed E-state index contributed by atoms with van der Waals surface area (Å²) in [5.41, 5.74) is 14.0. The Morgan fingerprint density at radius 1 is 0.375 bits per heavy atom. The molecule has 0 bridgehead atoms. The van der Waals surface area contributed by atoms with Gasteiger partial charge in [-0.25, -0.2) is 15.0 Å². The van der Waals surface area contributed by atoms with Crippen LogP contribution in [0.3, 0.4) is 0 Å². The number of thiophene rings is 1. The first-order valence-electron chi connectivity index (χ1n) is 21.5. The number of rotatable bonds is 6. The smallest absolute Gasteiger partial charge is 0.160 e. The zero-order valence-corrected chi connectivity index (χ0v) is 35.2. The van der Waals surface area contributed by atoms with E-state index in [-0.39, 0.29) is 0 Å². The van der Waals surface area contributed by atoms with Gasteiger partial charge in [0.25, 0.3) is 0 Å². The van der Waals surface area contributed by atoms with Crippen LogP contribution >= 0.6 is 11.3 Å². The quantitative estimate of drug-likeness (QED) is 0.167. The van der Waals surface area contributed by atoms with E-state index in [1.54, 1.807) is 0 Å². The Morgan fingerprint density at radius 2 is 0.984 bits per heavy atom. The molecule has 9 aromatic carbocycles. The van der Waals surface area contributed by atoms with Crippen molar-refractivity contribution in [3.63, 3.8) is 0 Å². The summed E-state index contributed by atoms with van der Waals surface area (Å²) in [6.45, 7) is 0. The molecule has 0 atom stereocenters. The van der Waals surface area contributed by atoms with Gasteiger partial charge in [0.05, 0.1) is 27.3 Å². The molecule has 64 heavy (non-hydrogen) atoms. The molecule has 0 unspecified atom stereocenters. The van der Waals surface area contributed by atoms with E-state index in [0.29, 0.717) is 5.82 Å². The molecule has 5 heteroatoms. The number of furan rings is 1. The molecule has 4 aromatic heterocycles. The molecule has 0 amide bonds. The van der Waals surface area contributed by atoms with E-state index in [2.05, 4.69) is 194 Å². The van der Waals surface area contributed by atoms with Crippen LogP contribution < -0.4 is 0 Å². The number of nitrogens with zero attached hydrogens (tertiary/aromatic N) is 3. The van der Waals surface area contributed by atoms with E-state index < -0.39 is 0 Å². The monoisotopic (exact) mass is 833 g/mol. The van der Waals surface area contributed by atoms with Crippen LogP contribution in [0.1, 0.15) is 0 Å². The van der Waals surface area contributed by atoms with E-state index >= 15 is 0 Å². The molecule has 298 valence electrons. The number of aromatic nitrogens is 3. The highest BCUT2D eigenvalue weighted by Crippen LogP contribution is 2.47. The second kappa shape index (κ2) is 14.7. The van der Waals surface area contributed by atoms with Gasteiger partial charge in [0, 0.05) is 59.4 Å². The van der Waals surface area contributed by atoms with Gasteiger partial charge in [-0.1, -0.05) is 182 Å². The Balaban J connectivity index is 0.955. The first-order valence-corrected chi connectivity index (χ1v) is 22.3. The summed E-state index contributed by atoms with van der Waals surface area (Å²) >= 11 is 1.82. The summed E-state index contributed by atoms with van der Waals surface area (Å²) in [5.74, 6) is 0.664. The fourth-order valence-electron chi connectivity index (χ4n) is 9.48. The highest BCUT2D eigenvalue weighted by atomic mass is 32.1. The molecule has 4 nitrogen and oxygen atoms in total. The molecular formula is C59H35N3OS. The van der Waals surface area contributed by atoms with Crippen molar-refractivity contribution in [2.75, 3.05) is 0 Å². The van der Waals surface area contributed by atoms with E-state index in [0.717, 1.165) is 94.4 Å². The summed E-state index contributed by atoms with van der Waals surface area (Å²) in [5, 5.41) is 8.27. The van der Waals surface area contributed by atoms with Gasteiger partial charge < -0.3 is 4.42 Å². The van der Waals surface area contributed by atoms with Crippen molar-refractivity contribution < 1.29 is 4.42 Å². The molecule has 13 rings (SSSR count). The minimum Gasteiger partial charge on any atom is -0.455 e. The Hall–Kier alpha value is -8.25. The lowest BCUT2D eigenvalue weighted by Crippen LogP contribution is -1.96. The topological polar surface area (TPSA) is 51.8 Å². The molecule has 0 aliphatic heterocycles. The first-order chi connectivity index (χ1) is 31.7. The zero-order chi connectivity index (χ0) is 42.1. The van der Waals surface area contributed by atoms with Crippen LogP contribution in [0.5, 0.6) is 0 Å². The van der Waals surface area contributed by atoms with Crippen LogP contribution in [0.25, 0.3) is 131 Å². The number of benzene rings is 9. The highest BCUT2D eigenvalue weighted by molar-refractivity contribution is 7.26. The largest absolute Gasteiger partial charge is 0.455 e. The van der Waals surface area contributed by atoms with Gasteiger partial charge in [-0.05, 0) is 57.8 Å². The molecule has 0 aliphatic rings. The molecule has 0 saturated heterocycles. The van der Waals surface area contributed by atoms with Crippen LogP contribution in [-0.4, -0.2) is 15.0 Å². The third-order valence-corrected chi connectivity index (χ3v) is 13.7. The van der Waals surface area contributed by atoms with E-state index in [1.807, 2.05) is 29.5 Å². The molecule has 0 radical (unpaired) electrons. The van der Waals surface area contributed by atoms with Gasteiger partial charge >= 0.3 is 0 Å². The van der Waals surface area contributed by atoms with Crippen LogP contribution in [0, 0.1) is 0 Å². The second-order valence-electron chi connectivity index (χ2n) is 16.3. The van der Waals surface area contributed by atoms with Crippen molar-refractivity contribution >= 4 is 75.1 Å². The maximum absolute atomic E-state index is 6.40. The molecule has 0 spiro atoms. The number of hydrogen-bond donors (Lipinski definition) is 0. The molecule has 0 N–H and O–H groups in total. The summed E-state index contributed by atoms with van der Waals surface area (Å²) in [6.07, 6.45) is 0. The third kappa shape index (κ3) is 5.93. The molecule has 4 heterocycles. The molecule has 0 aliphatic carbocycles. The number of pyridine rings is 1. The molecular weight excluding hydrogens is 799 g/mol. The lowest BCUT2D eigenvalue weighted by molar-refractivity contribution is 0.670. The van der Waals surface area contributed by atoms with Gasteiger partial charge in [0.15, 0.2) is 5.82 Å². The van der Waals surface area contributed by atoms with E-state index in [4.69, 9.17) is 19.4 Å².